The van der Waals surface area contributed by atoms with Gasteiger partial charge in [-0.05, 0) is 25.0 Å². The highest BCUT2D eigenvalue weighted by molar-refractivity contribution is 5.95. The first-order valence-corrected chi connectivity index (χ1v) is 5.41. The van der Waals surface area contributed by atoms with E-state index in [1.807, 2.05) is 0 Å². The molecular weight excluding hydrogens is 229 g/mol. The summed E-state index contributed by atoms with van der Waals surface area (Å²) < 4.78 is 26.7. The second-order valence-corrected chi connectivity index (χ2v) is 3.71. The van der Waals surface area contributed by atoms with Crippen LogP contribution in [0.15, 0.2) is 30.3 Å². The van der Waals surface area contributed by atoms with Crippen LogP contribution in [0.2, 0.25) is 0 Å². The van der Waals surface area contributed by atoms with Crippen LogP contribution in [0.5, 0.6) is 0 Å². The molecule has 0 aromatic heterocycles. The lowest BCUT2D eigenvalue weighted by Gasteiger charge is -2.15. The maximum atomic E-state index is 13.3. The third kappa shape index (κ3) is 4.48. The van der Waals surface area contributed by atoms with Crippen molar-refractivity contribution in [1.82, 2.24) is 0 Å². The molecule has 0 aliphatic heterocycles. The van der Waals surface area contributed by atoms with E-state index in [-0.39, 0.29) is 19.4 Å². The summed E-state index contributed by atoms with van der Waals surface area (Å²) in [6.45, 7) is -0.142. The molecule has 1 rings (SSSR count). The lowest BCUT2D eigenvalue weighted by molar-refractivity contribution is -0.140. The van der Waals surface area contributed by atoms with Gasteiger partial charge in [0, 0.05) is 18.7 Å². The summed E-state index contributed by atoms with van der Waals surface area (Å²) >= 11 is 0. The van der Waals surface area contributed by atoms with Crippen molar-refractivity contribution in [2.24, 2.45) is 0 Å². The van der Waals surface area contributed by atoms with Gasteiger partial charge >= 0.3 is 5.92 Å². The number of carbonyl (C=O) groups is 1. The topological polar surface area (TPSA) is 49.3 Å². The lowest BCUT2D eigenvalue weighted by atomic mass is 10.2. The number of aliphatic hydroxyl groups excluding tert-OH is 1. The van der Waals surface area contributed by atoms with Crippen LogP contribution >= 0.6 is 0 Å². The number of alkyl halides is 2. The molecule has 0 fully saturated rings. The number of benzene rings is 1. The summed E-state index contributed by atoms with van der Waals surface area (Å²) in [7, 11) is 0. The molecule has 1 aromatic rings. The first kappa shape index (κ1) is 13.6. The van der Waals surface area contributed by atoms with Crippen LogP contribution in [0.4, 0.5) is 14.5 Å². The third-order valence-corrected chi connectivity index (χ3v) is 2.26. The Kier molecular flexibility index (Phi) is 5.03. The fourth-order valence-corrected chi connectivity index (χ4v) is 1.32. The zero-order valence-corrected chi connectivity index (χ0v) is 9.33. The number of anilines is 1. The zero-order chi connectivity index (χ0) is 12.7. The lowest BCUT2D eigenvalue weighted by Crippen LogP contribution is -2.34. The van der Waals surface area contributed by atoms with E-state index in [0.29, 0.717) is 5.69 Å². The summed E-state index contributed by atoms with van der Waals surface area (Å²) in [5, 5.41) is 10.6. The molecule has 3 nitrogen and oxygen atoms in total. The SMILES string of the molecule is O=[13C](Nc1ccccc1)C(F)(F)CCCCO. The van der Waals surface area contributed by atoms with Gasteiger partial charge < -0.3 is 10.4 Å². The van der Waals surface area contributed by atoms with Gasteiger partial charge in [0.2, 0.25) is 0 Å². The van der Waals surface area contributed by atoms with Crippen molar-refractivity contribution < 1.29 is 18.7 Å². The maximum Gasteiger partial charge on any atom is 0.324 e. The Hall–Kier alpha value is -1.49. The Labute approximate surface area is 98.5 Å². The first-order chi connectivity index (χ1) is 8.06. The Morgan fingerprint density at radius 1 is 1.24 bits per heavy atom. The van der Waals surface area contributed by atoms with Gasteiger partial charge in [-0.25, -0.2) is 0 Å². The fourth-order valence-electron chi connectivity index (χ4n) is 1.32. The molecule has 0 bridgehead atoms. The van der Waals surface area contributed by atoms with E-state index in [9.17, 15) is 13.6 Å². The monoisotopic (exact) mass is 244 g/mol. The number of hydrogen-bond acceptors (Lipinski definition) is 2. The van der Waals surface area contributed by atoms with Gasteiger partial charge in [-0.3, -0.25) is 4.79 Å². The number of hydrogen-bond donors (Lipinski definition) is 2. The van der Waals surface area contributed by atoms with Crippen LogP contribution in [0, 0.1) is 0 Å². The molecule has 1 aromatic carbocycles. The van der Waals surface area contributed by atoms with Crippen molar-refractivity contribution >= 4 is 11.6 Å². The van der Waals surface area contributed by atoms with Gasteiger partial charge in [0.15, 0.2) is 0 Å². The Morgan fingerprint density at radius 2 is 1.88 bits per heavy atom. The van der Waals surface area contributed by atoms with Gasteiger partial charge in [0.25, 0.3) is 5.91 Å². The number of nitrogens with one attached hydrogen (secondary N) is 1. The van der Waals surface area contributed by atoms with Crippen LogP contribution < -0.4 is 5.32 Å². The molecule has 0 saturated heterocycles. The van der Waals surface area contributed by atoms with Gasteiger partial charge in [0.05, 0.1) is 0 Å². The van der Waals surface area contributed by atoms with Crippen LogP contribution in [-0.4, -0.2) is 23.5 Å². The minimum absolute atomic E-state index is 0.117. The van der Waals surface area contributed by atoms with Crippen molar-refractivity contribution in [1.29, 1.82) is 0 Å². The van der Waals surface area contributed by atoms with Crippen molar-refractivity contribution in [3.63, 3.8) is 0 Å². The van der Waals surface area contributed by atoms with Crippen LogP contribution in [-0.2, 0) is 4.79 Å². The molecule has 94 valence electrons. The highest BCUT2D eigenvalue weighted by Crippen LogP contribution is 2.23. The van der Waals surface area contributed by atoms with E-state index in [1.54, 1.807) is 30.3 Å². The summed E-state index contributed by atoms with van der Waals surface area (Å²) in [5.74, 6) is -4.70. The van der Waals surface area contributed by atoms with Crippen molar-refractivity contribution in [3.8, 4) is 0 Å². The number of carbonyl (C=O) groups excluding carboxylic acids is 1. The van der Waals surface area contributed by atoms with E-state index < -0.39 is 18.3 Å². The van der Waals surface area contributed by atoms with Crippen molar-refractivity contribution in [3.05, 3.63) is 30.3 Å². The van der Waals surface area contributed by atoms with Crippen LogP contribution in [0.25, 0.3) is 0 Å². The molecule has 0 atom stereocenters. The summed E-state index contributed by atoms with van der Waals surface area (Å²) in [5.41, 5.74) is 0.347. The molecule has 5 heteroatoms. The number of aliphatic hydroxyl groups is 1. The number of para-hydroxylation sites is 1. The molecule has 0 aliphatic rings. The minimum atomic E-state index is -3.40. The Bertz CT molecular complexity index is 355. The van der Waals surface area contributed by atoms with Gasteiger partial charge in [-0.2, -0.15) is 8.78 Å². The average molecular weight is 244 g/mol. The molecular formula is C12H15F2NO2. The van der Waals surface area contributed by atoms with Crippen LogP contribution in [0.3, 0.4) is 0 Å². The number of halogens is 2. The second-order valence-electron chi connectivity index (χ2n) is 3.71. The van der Waals surface area contributed by atoms with Gasteiger partial charge in [0.1, 0.15) is 0 Å². The van der Waals surface area contributed by atoms with Crippen molar-refractivity contribution in [2.75, 3.05) is 11.9 Å². The highest BCUT2D eigenvalue weighted by atomic mass is 19.3. The third-order valence-electron chi connectivity index (χ3n) is 2.26. The molecule has 1 amide bonds. The number of amides is 1. The van der Waals surface area contributed by atoms with E-state index in [4.69, 9.17) is 5.11 Å². The predicted octanol–water partition coefficient (Wildman–Crippen LogP) is 2.42. The van der Waals surface area contributed by atoms with E-state index in [2.05, 4.69) is 5.32 Å². The number of rotatable bonds is 6. The minimum Gasteiger partial charge on any atom is -0.396 e. The zero-order valence-electron chi connectivity index (χ0n) is 9.33. The quantitative estimate of drug-likeness (QED) is 0.596. The molecule has 17 heavy (non-hydrogen) atoms. The summed E-state index contributed by atoms with van der Waals surface area (Å²) in [4.78, 5) is 11.3. The van der Waals surface area contributed by atoms with E-state index in [1.165, 1.54) is 0 Å². The smallest absolute Gasteiger partial charge is 0.324 e. The van der Waals surface area contributed by atoms with E-state index in [0.717, 1.165) is 0 Å². The summed E-state index contributed by atoms with van der Waals surface area (Å²) in [6.07, 6.45) is -0.161. The average Bonchev–Trinajstić information content (AvgIpc) is 2.30. The molecule has 0 spiro atoms. The fraction of sp³-hybridized carbons (Fsp3) is 0.417. The molecule has 0 radical (unpaired) electrons. The van der Waals surface area contributed by atoms with Gasteiger partial charge in [-0.15, -0.1) is 0 Å². The predicted molar refractivity (Wildman–Crippen MR) is 61.0 cm³/mol. The molecule has 0 heterocycles. The Morgan fingerprint density at radius 3 is 2.47 bits per heavy atom. The highest BCUT2D eigenvalue weighted by Gasteiger charge is 2.37. The number of unbranched alkanes of at least 4 members (excludes halogenated alkanes) is 1. The Balaban J connectivity index is 2.51. The molecule has 0 aliphatic carbocycles. The normalized spacial score (nSPS) is 11.2. The molecule has 0 saturated carbocycles. The maximum absolute atomic E-state index is 13.3. The first-order valence-electron chi connectivity index (χ1n) is 5.41. The van der Waals surface area contributed by atoms with Crippen molar-refractivity contribution in [2.45, 2.75) is 25.2 Å². The second kappa shape index (κ2) is 6.30. The van der Waals surface area contributed by atoms with Crippen LogP contribution in [0.1, 0.15) is 19.3 Å². The summed E-state index contributed by atoms with van der Waals surface area (Å²) in [6, 6.07) is 8.12. The molecule has 2 N–H and O–H groups in total. The molecule has 0 unspecified atom stereocenters. The van der Waals surface area contributed by atoms with E-state index >= 15 is 0 Å². The largest absolute Gasteiger partial charge is 0.396 e. The van der Waals surface area contributed by atoms with Gasteiger partial charge in [-0.1, -0.05) is 18.2 Å². The standard InChI is InChI=1S/C12H15F2NO2/c13-12(14,8-4-5-9-16)11(17)15-10-6-2-1-3-7-10/h1-3,6-7,16H,4-5,8-9H2,(H,15,17)/i11+1.